The van der Waals surface area contributed by atoms with Crippen LogP contribution < -0.4 is 5.32 Å². The monoisotopic (exact) mass is 303 g/mol. The molecular formula is C19H33N3. The molecule has 124 valence electrons. The Balaban J connectivity index is 3.71. The first-order valence-electron chi connectivity index (χ1n) is 8.52. The predicted molar refractivity (Wildman–Crippen MR) is 95.5 cm³/mol. The first kappa shape index (κ1) is 18.6. The minimum absolute atomic E-state index is 0.0277. The van der Waals surface area contributed by atoms with Crippen LogP contribution in [0.2, 0.25) is 0 Å². The smallest absolute Gasteiger partial charge is 0.125 e. The van der Waals surface area contributed by atoms with E-state index in [2.05, 4.69) is 71.3 Å². The maximum absolute atomic E-state index is 9.79. The normalized spacial score (nSPS) is 12.3. The zero-order valence-corrected chi connectivity index (χ0v) is 15.7. The molecule has 0 saturated heterocycles. The lowest BCUT2D eigenvalue weighted by atomic mass is 10.0. The molecule has 3 heteroatoms. The zero-order chi connectivity index (χ0) is 17.1. The highest BCUT2D eigenvalue weighted by Gasteiger charge is 2.29. The second kappa shape index (κ2) is 6.77. The predicted octanol–water partition coefficient (Wildman–Crippen LogP) is 5.23. The fourth-order valence-electron chi connectivity index (χ4n) is 2.98. The van der Waals surface area contributed by atoms with Crippen LogP contribution in [0, 0.1) is 11.3 Å². The lowest BCUT2D eigenvalue weighted by molar-refractivity contribution is 0.395. The molecule has 0 radical (unpaired) electrons. The van der Waals surface area contributed by atoms with Gasteiger partial charge in [0.1, 0.15) is 17.6 Å². The molecule has 0 aliphatic rings. The van der Waals surface area contributed by atoms with E-state index in [-0.39, 0.29) is 11.1 Å². The summed E-state index contributed by atoms with van der Waals surface area (Å²) in [6.45, 7) is 17.4. The summed E-state index contributed by atoms with van der Waals surface area (Å²) < 4.78 is 2.22. The van der Waals surface area contributed by atoms with Crippen molar-refractivity contribution in [2.24, 2.45) is 0 Å². The third kappa shape index (κ3) is 4.06. The maximum atomic E-state index is 9.79. The summed E-state index contributed by atoms with van der Waals surface area (Å²) in [6, 6.07) is 2.48. The van der Waals surface area contributed by atoms with Gasteiger partial charge in [-0.05, 0) is 65.5 Å². The molecule has 1 aromatic rings. The quantitative estimate of drug-likeness (QED) is 0.809. The number of nitriles is 1. The molecule has 0 atom stereocenters. The molecule has 0 aliphatic heterocycles. The van der Waals surface area contributed by atoms with Gasteiger partial charge < -0.3 is 9.88 Å². The average molecular weight is 303 g/mol. The number of aromatic nitrogens is 1. The van der Waals surface area contributed by atoms with Crippen molar-refractivity contribution >= 4 is 5.82 Å². The molecule has 3 nitrogen and oxygen atoms in total. The van der Waals surface area contributed by atoms with Crippen LogP contribution in [-0.4, -0.2) is 10.1 Å². The first-order chi connectivity index (χ1) is 10.1. The van der Waals surface area contributed by atoms with E-state index in [9.17, 15) is 5.26 Å². The molecule has 1 heterocycles. The van der Waals surface area contributed by atoms with Gasteiger partial charge in [0, 0.05) is 11.1 Å². The lowest BCUT2D eigenvalue weighted by Gasteiger charge is -2.31. The molecule has 1 N–H and O–H groups in total. The molecule has 22 heavy (non-hydrogen) atoms. The van der Waals surface area contributed by atoms with Crippen LogP contribution in [0.5, 0.6) is 0 Å². The van der Waals surface area contributed by atoms with Gasteiger partial charge in [0.2, 0.25) is 0 Å². The van der Waals surface area contributed by atoms with Gasteiger partial charge in [-0.3, -0.25) is 0 Å². The van der Waals surface area contributed by atoms with E-state index in [1.165, 1.54) is 11.1 Å². The van der Waals surface area contributed by atoms with Crippen molar-refractivity contribution in [1.82, 2.24) is 4.57 Å². The van der Waals surface area contributed by atoms with Crippen molar-refractivity contribution in [1.29, 1.82) is 5.26 Å². The molecule has 0 amide bonds. The summed E-state index contributed by atoms with van der Waals surface area (Å²) in [6.07, 6.45) is 4.15. The van der Waals surface area contributed by atoms with Crippen LogP contribution in [0.1, 0.15) is 85.1 Å². The Hall–Kier alpha value is -1.43. The number of nitrogens with zero attached hydrogens (tertiary/aromatic N) is 2. The van der Waals surface area contributed by atoms with E-state index in [0.29, 0.717) is 0 Å². The fraction of sp³-hybridized carbons (Fsp3) is 0.737. The second-order valence-electron chi connectivity index (χ2n) is 8.15. The lowest BCUT2D eigenvalue weighted by Crippen LogP contribution is -2.32. The van der Waals surface area contributed by atoms with Crippen LogP contribution >= 0.6 is 0 Å². The number of nitrogens with one attached hydrogen (secondary N) is 1. The molecule has 0 saturated carbocycles. The van der Waals surface area contributed by atoms with Gasteiger partial charge in [-0.2, -0.15) is 5.26 Å². The van der Waals surface area contributed by atoms with E-state index in [4.69, 9.17) is 0 Å². The Kier molecular flexibility index (Phi) is 5.73. The summed E-state index contributed by atoms with van der Waals surface area (Å²) >= 11 is 0. The van der Waals surface area contributed by atoms with Crippen molar-refractivity contribution in [3.05, 3.63) is 16.8 Å². The summed E-state index contributed by atoms with van der Waals surface area (Å²) in [5.41, 5.74) is 3.27. The molecule has 0 bridgehead atoms. The third-order valence-electron chi connectivity index (χ3n) is 3.65. The Morgan fingerprint density at radius 1 is 0.955 bits per heavy atom. The highest BCUT2D eigenvalue weighted by molar-refractivity contribution is 5.60. The highest BCUT2D eigenvalue weighted by Crippen LogP contribution is 2.36. The van der Waals surface area contributed by atoms with Crippen molar-refractivity contribution < 1.29 is 0 Å². The second-order valence-corrected chi connectivity index (χ2v) is 8.15. The molecule has 1 aromatic heterocycles. The largest absolute Gasteiger partial charge is 0.367 e. The van der Waals surface area contributed by atoms with Crippen LogP contribution in [0.4, 0.5) is 5.82 Å². The summed E-state index contributed by atoms with van der Waals surface area (Å²) in [5, 5.41) is 13.5. The van der Waals surface area contributed by atoms with Crippen LogP contribution in [0.25, 0.3) is 0 Å². The topological polar surface area (TPSA) is 40.8 Å². The number of hydrogen-bond donors (Lipinski definition) is 1. The van der Waals surface area contributed by atoms with Gasteiger partial charge in [-0.1, -0.05) is 26.7 Å². The van der Waals surface area contributed by atoms with Gasteiger partial charge in [0.05, 0.1) is 0 Å². The number of rotatable bonds is 5. The Labute approximate surface area is 136 Å². The molecule has 0 fully saturated rings. The molecule has 0 spiro atoms. The van der Waals surface area contributed by atoms with Crippen molar-refractivity contribution in [3.63, 3.8) is 0 Å². The van der Waals surface area contributed by atoms with Crippen LogP contribution in [0.3, 0.4) is 0 Å². The van der Waals surface area contributed by atoms with Crippen molar-refractivity contribution in [2.45, 2.75) is 92.2 Å². The van der Waals surface area contributed by atoms with E-state index in [1.54, 1.807) is 0 Å². The van der Waals surface area contributed by atoms with Gasteiger partial charge in [-0.25, -0.2) is 0 Å². The summed E-state index contributed by atoms with van der Waals surface area (Å²) in [5.74, 6) is 1.14. The molecule has 0 aliphatic carbocycles. The molecule has 1 rings (SSSR count). The van der Waals surface area contributed by atoms with Gasteiger partial charge in [0.15, 0.2) is 0 Å². The van der Waals surface area contributed by atoms with Gasteiger partial charge in [-0.15, -0.1) is 0 Å². The maximum Gasteiger partial charge on any atom is 0.125 e. The fourth-order valence-corrected chi connectivity index (χ4v) is 2.98. The molecule has 0 unspecified atom stereocenters. The number of anilines is 1. The zero-order valence-electron chi connectivity index (χ0n) is 15.7. The van der Waals surface area contributed by atoms with Crippen molar-refractivity contribution in [2.75, 3.05) is 5.32 Å². The van der Waals surface area contributed by atoms with E-state index in [1.807, 2.05) is 0 Å². The third-order valence-corrected chi connectivity index (χ3v) is 3.65. The van der Waals surface area contributed by atoms with Gasteiger partial charge >= 0.3 is 0 Å². The summed E-state index contributed by atoms with van der Waals surface area (Å²) in [4.78, 5) is 0. The summed E-state index contributed by atoms with van der Waals surface area (Å²) in [7, 11) is 0. The SMILES string of the molecule is CCCc1c(CCC)c(NC(C)(C)C)n(C(C)(C)C)c1C#N. The van der Waals surface area contributed by atoms with E-state index < -0.39 is 0 Å². The average Bonchev–Trinajstić information content (AvgIpc) is 2.62. The molecular weight excluding hydrogens is 270 g/mol. The van der Waals surface area contributed by atoms with E-state index in [0.717, 1.165) is 37.2 Å². The Morgan fingerprint density at radius 3 is 1.82 bits per heavy atom. The minimum Gasteiger partial charge on any atom is -0.367 e. The minimum atomic E-state index is -0.118. The molecule has 0 aromatic carbocycles. The number of hydrogen-bond acceptors (Lipinski definition) is 2. The highest BCUT2D eigenvalue weighted by atomic mass is 15.2. The first-order valence-corrected chi connectivity index (χ1v) is 8.52. The Morgan fingerprint density at radius 2 is 1.45 bits per heavy atom. The Bertz CT molecular complexity index is 545. The van der Waals surface area contributed by atoms with Crippen molar-refractivity contribution in [3.8, 4) is 6.07 Å². The van der Waals surface area contributed by atoms with Crippen LogP contribution in [-0.2, 0) is 18.4 Å². The van der Waals surface area contributed by atoms with Gasteiger partial charge in [0.25, 0.3) is 0 Å². The van der Waals surface area contributed by atoms with E-state index >= 15 is 0 Å². The standard InChI is InChI=1S/C19H33N3/c1-9-11-14-15(12-10-2)17(21-18(3,4)5)22(16(14)13-20)19(6,7)8/h21H,9-12H2,1-8H3. The van der Waals surface area contributed by atoms with Crippen LogP contribution in [0.15, 0.2) is 0 Å².